The average Bonchev–Trinajstić information content (AvgIpc) is 1.83. The van der Waals surface area contributed by atoms with Crippen molar-refractivity contribution in [2.24, 2.45) is 5.73 Å². The summed E-state index contributed by atoms with van der Waals surface area (Å²) >= 11 is 3.13. The molecule has 0 aliphatic rings. The molecule has 0 atom stereocenters. The molecular weight excluding hydrogens is 177 g/mol. The number of nitrogens with two attached hydrogens (primary N) is 1. The number of allylic oxidation sites excluding steroid dienone is 4. The fraction of sp³-hybridized carbons (Fsp3) is 0. The summed E-state index contributed by atoms with van der Waals surface area (Å²) in [6.07, 6.45) is 4.71. The van der Waals surface area contributed by atoms with E-state index in [2.05, 4.69) is 22.5 Å². The second-order valence-corrected chi connectivity index (χ2v) is 2.47. The second kappa shape index (κ2) is 4.44. The molecule has 0 bridgehead atoms. The van der Waals surface area contributed by atoms with Gasteiger partial charge in [-0.25, -0.2) is 0 Å². The lowest BCUT2D eigenvalue weighted by Crippen LogP contribution is -1.83. The quantitative estimate of drug-likeness (QED) is 0.509. The summed E-state index contributed by atoms with van der Waals surface area (Å²) in [4.78, 5) is 0. The van der Waals surface area contributed by atoms with E-state index in [-0.39, 0.29) is 0 Å². The van der Waals surface area contributed by atoms with Crippen molar-refractivity contribution in [1.82, 2.24) is 0 Å². The van der Waals surface area contributed by atoms with Crippen molar-refractivity contribution >= 4 is 23.8 Å². The molecule has 0 unspecified atom stereocenters. The van der Waals surface area contributed by atoms with Crippen LogP contribution in [0.2, 0.25) is 0 Å². The Kier molecular flexibility index (Phi) is 4.23. The zero-order chi connectivity index (χ0) is 7.28. The predicted octanol–water partition coefficient (Wildman–Crippen LogP) is 1.42. The van der Waals surface area contributed by atoms with Crippen LogP contribution in [0, 0.1) is 0 Å². The first-order valence-corrected chi connectivity index (χ1v) is 3.16. The first-order chi connectivity index (χ1) is 4.16. The van der Waals surface area contributed by atoms with Gasteiger partial charge >= 0.3 is 0 Å². The molecule has 0 saturated carbocycles. The van der Waals surface area contributed by atoms with E-state index >= 15 is 0 Å². The first-order valence-electron chi connectivity index (χ1n) is 2.36. The van der Waals surface area contributed by atoms with Gasteiger partial charge in [0.2, 0.25) is 0 Å². The molecule has 0 aliphatic heterocycles. The lowest BCUT2D eigenvalue weighted by molar-refractivity contribution is 1.58. The number of hydrogen-bond acceptors (Lipinski definition) is 1. The molecule has 0 saturated heterocycles. The largest absolute Gasteiger partial charge is 0.405 e. The SMILES string of the molecule is [B]C(/C=C\C(=C)Br)=C/N. The van der Waals surface area contributed by atoms with Gasteiger partial charge in [0, 0.05) is 4.48 Å². The maximum Gasteiger partial charge on any atom is 0.115 e. The smallest absolute Gasteiger partial charge is 0.115 e. The van der Waals surface area contributed by atoms with Gasteiger partial charge in [0.05, 0.1) is 0 Å². The van der Waals surface area contributed by atoms with Gasteiger partial charge in [-0.2, -0.15) is 0 Å². The van der Waals surface area contributed by atoms with Crippen molar-refractivity contribution in [3.05, 3.63) is 34.9 Å². The molecule has 0 aromatic rings. The van der Waals surface area contributed by atoms with Crippen molar-refractivity contribution in [2.45, 2.75) is 0 Å². The third-order valence-electron chi connectivity index (χ3n) is 0.649. The van der Waals surface area contributed by atoms with Crippen molar-refractivity contribution < 1.29 is 0 Å². The van der Waals surface area contributed by atoms with E-state index in [1.807, 2.05) is 0 Å². The van der Waals surface area contributed by atoms with Crippen molar-refractivity contribution in [3.8, 4) is 0 Å². The summed E-state index contributed by atoms with van der Waals surface area (Å²) in [5, 5.41) is 0. The molecule has 1 nitrogen and oxygen atoms in total. The summed E-state index contributed by atoms with van der Waals surface area (Å²) in [6, 6.07) is 0. The topological polar surface area (TPSA) is 26.0 Å². The lowest BCUT2D eigenvalue weighted by Gasteiger charge is -1.86. The van der Waals surface area contributed by atoms with Crippen LogP contribution in [0.1, 0.15) is 0 Å². The van der Waals surface area contributed by atoms with Crippen molar-refractivity contribution in [1.29, 1.82) is 0 Å². The van der Waals surface area contributed by atoms with Gasteiger partial charge in [0.15, 0.2) is 0 Å². The third-order valence-corrected chi connectivity index (χ3v) is 0.913. The maximum absolute atomic E-state index is 5.31. The van der Waals surface area contributed by atoms with Gasteiger partial charge in [-0.15, -0.1) is 0 Å². The number of hydrogen-bond donors (Lipinski definition) is 1. The third kappa shape index (κ3) is 5.44. The van der Waals surface area contributed by atoms with E-state index in [4.69, 9.17) is 13.6 Å². The summed E-state index contributed by atoms with van der Waals surface area (Å²) in [6.45, 7) is 3.57. The number of halogens is 1. The minimum Gasteiger partial charge on any atom is -0.405 e. The van der Waals surface area contributed by atoms with Crippen LogP contribution in [0.4, 0.5) is 0 Å². The van der Waals surface area contributed by atoms with Crippen LogP contribution < -0.4 is 5.73 Å². The zero-order valence-corrected chi connectivity index (χ0v) is 6.56. The molecule has 0 fully saturated rings. The van der Waals surface area contributed by atoms with Gasteiger partial charge in [-0.3, -0.25) is 0 Å². The molecule has 0 spiro atoms. The zero-order valence-electron chi connectivity index (χ0n) is 4.97. The molecular formula is C6H7BBrN. The molecule has 0 aromatic heterocycles. The van der Waals surface area contributed by atoms with Gasteiger partial charge < -0.3 is 5.73 Å². The van der Waals surface area contributed by atoms with Gasteiger partial charge in [-0.05, 0) is 12.3 Å². The summed E-state index contributed by atoms with van der Waals surface area (Å²) in [5.74, 6) is 0. The molecule has 0 heterocycles. The highest BCUT2D eigenvalue weighted by atomic mass is 79.9. The Bertz CT molecular complexity index is 160. The van der Waals surface area contributed by atoms with E-state index in [0.29, 0.717) is 5.47 Å². The molecule has 2 N–H and O–H groups in total. The van der Waals surface area contributed by atoms with E-state index in [0.717, 1.165) is 4.48 Å². The minimum absolute atomic E-state index is 0.524. The van der Waals surface area contributed by atoms with Crippen LogP contribution >= 0.6 is 15.9 Å². The molecule has 0 aromatic carbocycles. The van der Waals surface area contributed by atoms with E-state index in [1.54, 1.807) is 12.2 Å². The number of rotatable bonds is 2. The molecule has 9 heavy (non-hydrogen) atoms. The Morgan fingerprint density at radius 3 is 2.44 bits per heavy atom. The van der Waals surface area contributed by atoms with Gasteiger partial charge in [0.1, 0.15) is 7.85 Å². The van der Waals surface area contributed by atoms with Crippen LogP contribution in [0.25, 0.3) is 0 Å². The highest BCUT2D eigenvalue weighted by molar-refractivity contribution is 9.11. The Hall–Kier alpha value is -0.435. The Labute approximate surface area is 64.9 Å². The van der Waals surface area contributed by atoms with E-state index in [1.165, 1.54) is 6.20 Å². The Balaban J connectivity index is 3.86. The monoisotopic (exact) mass is 183 g/mol. The second-order valence-electron chi connectivity index (χ2n) is 1.45. The van der Waals surface area contributed by atoms with Gasteiger partial charge in [0.25, 0.3) is 0 Å². The summed E-state index contributed by atoms with van der Waals surface area (Å²) in [7, 11) is 5.31. The van der Waals surface area contributed by atoms with Crippen molar-refractivity contribution in [3.63, 3.8) is 0 Å². The van der Waals surface area contributed by atoms with E-state index in [9.17, 15) is 0 Å². The van der Waals surface area contributed by atoms with Crippen LogP contribution in [0.15, 0.2) is 34.9 Å². The Morgan fingerprint density at radius 2 is 2.11 bits per heavy atom. The van der Waals surface area contributed by atoms with Crippen LogP contribution in [-0.4, -0.2) is 7.85 Å². The highest BCUT2D eigenvalue weighted by Gasteiger charge is 1.77. The standard InChI is InChI=1S/C6H7BBrN/c1-5(8)2-3-6(7)4-9/h2-4H,1,9H2/b3-2-,6-4+. The molecule has 3 heteroatoms. The van der Waals surface area contributed by atoms with Gasteiger partial charge in [-0.1, -0.05) is 34.1 Å². The molecule has 0 amide bonds. The summed E-state index contributed by atoms with van der Waals surface area (Å²) in [5.41, 5.74) is 5.60. The first kappa shape index (κ1) is 8.56. The van der Waals surface area contributed by atoms with Crippen LogP contribution in [0.3, 0.4) is 0 Å². The molecule has 0 rings (SSSR count). The molecule has 2 radical (unpaired) electrons. The minimum atomic E-state index is 0.524. The van der Waals surface area contributed by atoms with Crippen molar-refractivity contribution in [2.75, 3.05) is 0 Å². The normalized spacial score (nSPS) is 12.3. The summed E-state index contributed by atoms with van der Waals surface area (Å²) < 4.78 is 0.771. The highest BCUT2D eigenvalue weighted by Crippen LogP contribution is 2.02. The van der Waals surface area contributed by atoms with Crippen LogP contribution in [-0.2, 0) is 0 Å². The van der Waals surface area contributed by atoms with Crippen LogP contribution in [0.5, 0.6) is 0 Å². The molecule has 0 aliphatic carbocycles. The maximum atomic E-state index is 5.31. The van der Waals surface area contributed by atoms with E-state index < -0.39 is 0 Å². The molecule has 46 valence electrons. The average molecular weight is 184 g/mol. The Morgan fingerprint density at radius 1 is 1.56 bits per heavy atom. The fourth-order valence-corrected chi connectivity index (χ4v) is 0.374. The fourth-order valence-electron chi connectivity index (χ4n) is 0.242. The predicted molar refractivity (Wildman–Crippen MR) is 45.2 cm³/mol. The lowest BCUT2D eigenvalue weighted by atomic mass is 9.97.